The molecule has 162 valence electrons. The number of halogens is 3. The van der Waals surface area contributed by atoms with Gasteiger partial charge in [-0.05, 0) is 42.7 Å². The second-order valence-electron chi connectivity index (χ2n) is 7.15. The first-order valence-electron chi connectivity index (χ1n) is 9.45. The molecule has 0 bridgehead atoms. The van der Waals surface area contributed by atoms with Crippen molar-refractivity contribution < 1.29 is 27.9 Å². The standard InChI is InChI=1S/C20H22F3N3O4/c21-20(22,23)30-18-5-1-14(2-6-18)12-25-9-7-16(8-10-25)24-17-4-3-15(13-27)19(11-17)26(28)29/h1-6,11,16,24,27H,7-10,12-13H2. The second-order valence-corrected chi connectivity index (χ2v) is 7.15. The average molecular weight is 425 g/mol. The number of aliphatic hydroxyl groups excluding tert-OH is 1. The summed E-state index contributed by atoms with van der Waals surface area (Å²) in [5.41, 5.74) is 1.69. The lowest BCUT2D eigenvalue weighted by atomic mass is 10.0. The Labute approximate surface area is 171 Å². The number of benzene rings is 2. The highest BCUT2D eigenvalue weighted by molar-refractivity contribution is 5.55. The van der Waals surface area contributed by atoms with Crippen molar-refractivity contribution in [2.45, 2.75) is 38.4 Å². The maximum Gasteiger partial charge on any atom is 0.573 e. The van der Waals surface area contributed by atoms with Gasteiger partial charge in [-0.2, -0.15) is 0 Å². The normalized spacial score (nSPS) is 15.7. The van der Waals surface area contributed by atoms with E-state index in [0.717, 1.165) is 31.5 Å². The Bertz CT molecular complexity index is 867. The quantitative estimate of drug-likeness (QED) is 0.514. The fourth-order valence-electron chi connectivity index (χ4n) is 3.48. The number of anilines is 1. The SMILES string of the molecule is O=[N+]([O-])c1cc(NC2CCN(Cc3ccc(OC(F)(F)F)cc3)CC2)ccc1CO. The molecular weight excluding hydrogens is 403 g/mol. The first-order chi connectivity index (χ1) is 14.2. The minimum Gasteiger partial charge on any atom is -0.406 e. The molecule has 1 saturated heterocycles. The van der Waals surface area contributed by atoms with Crippen molar-refractivity contribution in [1.82, 2.24) is 4.90 Å². The zero-order chi connectivity index (χ0) is 21.7. The highest BCUT2D eigenvalue weighted by atomic mass is 19.4. The first kappa shape index (κ1) is 21.8. The number of rotatable bonds is 7. The van der Waals surface area contributed by atoms with Crippen molar-refractivity contribution in [2.24, 2.45) is 0 Å². The highest BCUT2D eigenvalue weighted by Crippen LogP contribution is 2.26. The summed E-state index contributed by atoms with van der Waals surface area (Å²) < 4.78 is 40.6. The van der Waals surface area contributed by atoms with Crippen LogP contribution in [0.15, 0.2) is 42.5 Å². The number of likely N-dealkylation sites (tertiary alicyclic amines) is 1. The van der Waals surface area contributed by atoms with Crippen LogP contribution in [0.2, 0.25) is 0 Å². The van der Waals surface area contributed by atoms with Gasteiger partial charge in [0, 0.05) is 37.4 Å². The van der Waals surface area contributed by atoms with Crippen LogP contribution in [-0.2, 0) is 13.2 Å². The Kier molecular flexibility index (Phi) is 6.78. The predicted octanol–water partition coefficient (Wildman–Crippen LogP) is 4.06. The number of nitrogens with zero attached hydrogens (tertiary/aromatic N) is 2. The van der Waals surface area contributed by atoms with Crippen LogP contribution in [0.4, 0.5) is 24.5 Å². The molecule has 3 rings (SSSR count). The van der Waals surface area contributed by atoms with Gasteiger partial charge in [-0.1, -0.05) is 12.1 Å². The van der Waals surface area contributed by atoms with Crippen LogP contribution in [-0.4, -0.2) is 40.4 Å². The Morgan fingerprint density at radius 1 is 1.17 bits per heavy atom. The van der Waals surface area contributed by atoms with Gasteiger partial charge in [0.25, 0.3) is 5.69 Å². The molecule has 0 unspecified atom stereocenters. The number of aliphatic hydroxyl groups is 1. The van der Waals surface area contributed by atoms with Gasteiger partial charge in [0.1, 0.15) is 5.75 Å². The Hall–Kier alpha value is -2.85. The summed E-state index contributed by atoms with van der Waals surface area (Å²) in [5, 5.41) is 23.6. The van der Waals surface area contributed by atoms with Crippen LogP contribution in [0.1, 0.15) is 24.0 Å². The van der Waals surface area contributed by atoms with E-state index >= 15 is 0 Å². The third-order valence-electron chi connectivity index (χ3n) is 4.97. The summed E-state index contributed by atoms with van der Waals surface area (Å²) in [6.45, 7) is 1.80. The molecule has 7 nitrogen and oxygen atoms in total. The smallest absolute Gasteiger partial charge is 0.406 e. The third kappa shape index (κ3) is 6.07. The van der Waals surface area contributed by atoms with Crippen molar-refractivity contribution in [3.63, 3.8) is 0 Å². The zero-order valence-corrected chi connectivity index (χ0v) is 16.1. The molecule has 1 aliphatic rings. The molecule has 2 aromatic carbocycles. The number of alkyl halides is 3. The molecule has 0 atom stereocenters. The molecule has 10 heteroatoms. The van der Waals surface area contributed by atoms with E-state index in [2.05, 4.69) is 15.0 Å². The van der Waals surface area contributed by atoms with Gasteiger partial charge >= 0.3 is 6.36 Å². The number of ether oxygens (including phenoxy) is 1. The number of hydrogen-bond donors (Lipinski definition) is 2. The molecule has 2 N–H and O–H groups in total. The zero-order valence-electron chi connectivity index (χ0n) is 16.1. The van der Waals surface area contributed by atoms with Gasteiger partial charge < -0.3 is 15.2 Å². The molecule has 30 heavy (non-hydrogen) atoms. The van der Waals surface area contributed by atoms with Crippen LogP contribution in [0.3, 0.4) is 0 Å². The first-order valence-corrected chi connectivity index (χ1v) is 9.45. The van der Waals surface area contributed by atoms with Gasteiger partial charge in [0.2, 0.25) is 0 Å². The van der Waals surface area contributed by atoms with Gasteiger partial charge in [0.15, 0.2) is 0 Å². The third-order valence-corrected chi connectivity index (χ3v) is 4.97. The van der Waals surface area contributed by atoms with Crippen LogP contribution in [0.25, 0.3) is 0 Å². The lowest BCUT2D eigenvalue weighted by molar-refractivity contribution is -0.385. The molecule has 0 spiro atoms. The van der Waals surface area contributed by atoms with Crippen LogP contribution >= 0.6 is 0 Å². The van der Waals surface area contributed by atoms with E-state index in [4.69, 9.17) is 0 Å². The molecule has 0 aromatic heterocycles. The van der Waals surface area contributed by atoms with E-state index in [-0.39, 0.29) is 23.0 Å². The second kappa shape index (κ2) is 9.31. The van der Waals surface area contributed by atoms with Crippen molar-refractivity contribution in [1.29, 1.82) is 0 Å². The van der Waals surface area contributed by atoms with Gasteiger partial charge in [-0.15, -0.1) is 13.2 Å². The highest BCUT2D eigenvalue weighted by Gasteiger charge is 2.31. The van der Waals surface area contributed by atoms with Crippen molar-refractivity contribution in [2.75, 3.05) is 18.4 Å². The summed E-state index contributed by atoms with van der Waals surface area (Å²) in [6.07, 6.45) is -3.05. The summed E-state index contributed by atoms with van der Waals surface area (Å²) >= 11 is 0. The average Bonchev–Trinajstić information content (AvgIpc) is 2.70. The van der Waals surface area contributed by atoms with Crippen LogP contribution in [0, 0.1) is 10.1 Å². The largest absolute Gasteiger partial charge is 0.573 e. The molecule has 0 saturated carbocycles. The fraction of sp³-hybridized carbons (Fsp3) is 0.400. The van der Waals surface area contributed by atoms with E-state index in [0.29, 0.717) is 12.2 Å². The van der Waals surface area contributed by atoms with E-state index in [1.165, 1.54) is 18.2 Å². The predicted molar refractivity (Wildman–Crippen MR) is 104 cm³/mol. The Morgan fingerprint density at radius 2 is 1.83 bits per heavy atom. The molecule has 2 aromatic rings. The Morgan fingerprint density at radius 3 is 2.40 bits per heavy atom. The fourth-order valence-corrected chi connectivity index (χ4v) is 3.48. The molecule has 0 amide bonds. The summed E-state index contributed by atoms with van der Waals surface area (Å²) in [7, 11) is 0. The molecular formula is C20H22F3N3O4. The molecule has 0 aliphatic carbocycles. The molecule has 1 fully saturated rings. The van der Waals surface area contributed by atoms with Crippen molar-refractivity contribution in [3.05, 3.63) is 63.7 Å². The molecule has 1 aliphatic heterocycles. The summed E-state index contributed by atoms with van der Waals surface area (Å²) in [5.74, 6) is -0.240. The van der Waals surface area contributed by atoms with Crippen molar-refractivity contribution >= 4 is 11.4 Å². The lowest BCUT2D eigenvalue weighted by Crippen LogP contribution is -2.38. The monoisotopic (exact) mass is 425 g/mol. The van der Waals surface area contributed by atoms with E-state index in [1.807, 2.05) is 0 Å². The van der Waals surface area contributed by atoms with Crippen molar-refractivity contribution in [3.8, 4) is 5.75 Å². The van der Waals surface area contributed by atoms with Gasteiger partial charge in [-0.3, -0.25) is 15.0 Å². The number of nitro benzene ring substituents is 1. The number of nitrogens with one attached hydrogen (secondary N) is 1. The number of nitro groups is 1. The summed E-state index contributed by atoms with van der Waals surface area (Å²) in [4.78, 5) is 12.8. The van der Waals surface area contributed by atoms with E-state index in [1.54, 1.807) is 24.3 Å². The maximum atomic E-state index is 12.2. The number of hydrogen-bond acceptors (Lipinski definition) is 6. The van der Waals surface area contributed by atoms with Gasteiger partial charge in [0.05, 0.1) is 17.1 Å². The molecule has 1 heterocycles. The summed E-state index contributed by atoms with van der Waals surface area (Å²) in [6, 6.07) is 10.7. The minimum absolute atomic E-state index is 0.113. The molecule has 0 radical (unpaired) electrons. The topological polar surface area (TPSA) is 87.9 Å². The van der Waals surface area contributed by atoms with E-state index < -0.39 is 17.9 Å². The van der Waals surface area contributed by atoms with Crippen LogP contribution in [0.5, 0.6) is 5.75 Å². The Balaban J connectivity index is 1.50. The maximum absolute atomic E-state index is 12.2. The number of piperidine rings is 1. The lowest BCUT2D eigenvalue weighted by Gasteiger charge is -2.33. The van der Waals surface area contributed by atoms with Gasteiger partial charge in [-0.25, -0.2) is 0 Å². The van der Waals surface area contributed by atoms with E-state index in [9.17, 15) is 28.4 Å². The minimum atomic E-state index is -4.70. The van der Waals surface area contributed by atoms with Crippen LogP contribution < -0.4 is 10.1 Å².